The highest BCUT2D eigenvalue weighted by molar-refractivity contribution is 14.1. The van der Waals surface area contributed by atoms with Crippen molar-refractivity contribution in [1.29, 1.82) is 0 Å². The van der Waals surface area contributed by atoms with Crippen LogP contribution in [0.4, 0.5) is 0 Å². The van der Waals surface area contributed by atoms with Gasteiger partial charge in [-0.2, -0.15) is 0 Å². The van der Waals surface area contributed by atoms with E-state index in [0.29, 0.717) is 5.92 Å². The van der Waals surface area contributed by atoms with Crippen LogP contribution in [0.15, 0.2) is 24.3 Å². The SMILES string of the molecule is CC1CCC(CNC(=O)c2ccc(I)cc2)CC1. The van der Waals surface area contributed by atoms with Crippen molar-refractivity contribution in [1.82, 2.24) is 5.32 Å². The van der Waals surface area contributed by atoms with Crippen LogP contribution in [0, 0.1) is 15.4 Å². The van der Waals surface area contributed by atoms with Crippen molar-refractivity contribution < 1.29 is 4.79 Å². The number of nitrogens with one attached hydrogen (secondary N) is 1. The summed E-state index contributed by atoms with van der Waals surface area (Å²) in [6.07, 6.45) is 5.14. The van der Waals surface area contributed by atoms with E-state index in [1.807, 2.05) is 24.3 Å². The molecule has 0 atom stereocenters. The number of rotatable bonds is 3. The molecule has 0 unspecified atom stereocenters. The molecule has 1 saturated carbocycles. The van der Waals surface area contributed by atoms with Gasteiger partial charge in [0.05, 0.1) is 0 Å². The van der Waals surface area contributed by atoms with Crippen molar-refractivity contribution >= 4 is 28.5 Å². The standard InChI is InChI=1S/C15H20INO/c1-11-2-4-12(5-3-11)10-17-15(18)13-6-8-14(16)9-7-13/h6-9,11-12H,2-5,10H2,1H3,(H,17,18). The molecule has 0 spiro atoms. The molecule has 2 rings (SSSR count). The Kier molecular flexibility index (Phi) is 5.03. The first kappa shape index (κ1) is 13.8. The average molecular weight is 357 g/mol. The van der Waals surface area contributed by atoms with E-state index >= 15 is 0 Å². The largest absolute Gasteiger partial charge is 0.352 e. The molecule has 1 amide bonds. The van der Waals surface area contributed by atoms with Gasteiger partial charge in [-0.15, -0.1) is 0 Å². The van der Waals surface area contributed by atoms with E-state index < -0.39 is 0 Å². The molecule has 18 heavy (non-hydrogen) atoms. The number of amides is 1. The lowest BCUT2D eigenvalue weighted by molar-refractivity contribution is 0.0942. The maximum Gasteiger partial charge on any atom is 0.251 e. The van der Waals surface area contributed by atoms with Crippen molar-refractivity contribution in [2.24, 2.45) is 11.8 Å². The molecule has 1 aliphatic carbocycles. The highest BCUT2D eigenvalue weighted by atomic mass is 127. The van der Waals surface area contributed by atoms with Gasteiger partial charge in [0, 0.05) is 15.7 Å². The molecule has 1 aromatic rings. The van der Waals surface area contributed by atoms with Crippen molar-refractivity contribution in [2.45, 2.75) is 32.6 Å². The van der Waals surface area contributed by atoms with Gasteiger partial charge < -0.3 is 5.32 Å². The lowest BCUT2D eigenvalue weighted by Gasteiger charge is -2.26. The van der Waals surface area contributed by atoms with Crippen LogP contribution in [0.2, 0.25) is 0 Å². The Balaban J connectivity index is 1.79. The minimum absolute atomic E-state index is 0.0602. The van der Waals surface area contributed by atoms with Gasteiger partial charge in [-0.3, -0.25) is 4.79 Å². The highest BCUT2D eigenvalue weighted by Crippen LogP contribution is 2.27. The first-order chi connectivity index (χ1) is 8.65. The van der Waals surface area contributed by atoms with Gasteiger partial charge in [0.2, 0.25) is 0 Å². The van der Waals surface area contributed by atoms with Crippen LogP contribution < -0.4 is 5.32 Å². The highest BCUT2D eigenvalue weighted by Gasteiger charge is 2.18. The fourth-order valence-electron chi connectivity index (χ4n) is 2.47. The third-order valence-corrected chi connectivity index (χ3v) is 4.51. The molecule has 0 aromatic heterocycles. The molecule has 0 heterocycles. The Morgan fingerprint density at radius 1 is 1.22 bits per heavy atom. The molecule has 1 aromatic carbocycles. The molecule has 98 valence electrons. The monoisotopic (exact) mass is 357 g/mol. The molecule has 1 fully saturated rings. The predicted molar refractivity (Wildman–Crippen MR) is 82.6 cm³/mol. The summed E-state index contributed by atoms with van der Waals surface area (Å²) in [5.41, 5.74) is 0.764. The van der Waals surface area contributed by atoms with Gasteiger partial charge in [-0.1, -0.05) is 19.8 Å². The van der Waals surface area contributed by atoms with Crippen molar-refractivity contribution in [3.63, 3.8) is 0 Å². The van der Waals surface area contributed by atoms with E-state index in [1.54, 1.807) is 0 Å². The maximum absolute atomic E-state index is 11.9. The Morgan fingerprint density at radius 3 is 2.44 bits per heavy atom. The zero-order valence-corrected chi connectivity index (χ0v) is 12.9. The molecule has 0 aliphatic heterocycles. The Morgan fingerprint density at radius 2 is 1.83 bits per heavy atom. The van der Waals surface area contributed by atoms with Crippen LogP contribution in [0.25, 0.3) is 0 Å². The van der Waals surface area contributed by atoms with E-state index in [9.17, 15) is 4.79 Å². The molecule has 0 radical (unpaired) electrons. The Labute approximate surface area is 123 Å². The van der Waals surface area contributed by atoms with Gasteiger partial charge in [0.1, 0.15) is 0 Å². The van der Waals surface area contributed by atoms with Crippen molar-refractivity contribution in [2.75, 3.05) is 6.54 Å². The molecule has 1 aliphatic rings. The molecule has 0 saturated heterocycles. The fraction of sp³-hybridized carbons (Fsp3) is 0.533. The molecular formula is C15H20INO. The fourth-order valence-corrected chi connectivity index (χ4v) is 2.83. The van der Waals surface area contributed by atoms with Crippen molar-refractivity contribution in [3.8, 4) is 0 Å². The molecule has 2 nitrogen and oxygen atoms in total. The van der Waals surface area contributed by atoms with E-state index in [-0.39, 0.29) is 5.91 Å². The molecule has 1 N–H and O–H groups in total. The number of carbonyl (C=O) groups excluding carboxylic acids is 1. The minimum Gasteiger partial charge on any atom is -0.352 e. The number of benzene rings is 1. The van der Waals surface area contributed by atoms with Gasteiger partial charge in [-0.25, -0.2) is 0 Å². The topological polar surface area (TPSA) is 29.1 Å². The average Bonchev–Trinajstić information content (AvgIpc) is 2.38. The lowest BCUT2D eigenvalue weighted by atomic mass is 9.83. The lowest BCUT2D eigenvalue weighted by Crippen LogP contribution is -2.31. The number of halogens is 1. The van der Waals surface area contributed by atoms with Crippen LogP contribution in [-0.4, -0.2) is 12.5 Å². The predicted octanol–water partition coefficient (Wildman–Crippen LogP) is 3.85. The summed E-state index contributed by atoms with van der Waals surface area (Å²) in [6.45, 7) is 3.15. The number of carbonyl (C=O) groups is 1. The van der Waals surface area contributed by atoms with Crippen LogP contribution in [0.5, 0.6) is 0 Å². The van der Waals surface area contributed by atoms with Crippen LogP contribution in [0.1, 0.15) is 43.0 Å². The Hall–Kier alpha value is -0.580. The number of hydrogen-bond acceptors (Lipinski definition) is 1. The second-order valence-electron chi connectivity index (χ2n) is 5.34. The van der Waals surface area contributed by atoms with Crippen molar-refractivity contribution in [3.05, 3.63) is 33.4 Å². The summed E-state index contributed by atoms with van der Waals surface area (Å²) in [4.78, 5) is 11.9. The van der Waals surface area contributed by atoms with E-state index in [4.69, 9.17) is 0 Å². The summed E-state index contributed by atoms with van der Waals surface area (Å²) in [5.74, 6) is 1.60. The first-order valence-electron chi connectivity index (χ1n) is 6.69. The van der Waals surface area contributed by atoms with Gasteiger partial charge in [0.25, 0.3) is 5.91 Å². The van der Waals surface area contributed by atoms with Crippen LogP contribution in [-0.2, 0) is 0 Å². The van der Waals surface area contributed by atoms with Gasteiger partial charge in [-0.05, 0) is 71.5 Å². The summed E-state index contributed by atoms with van der Waals surface area (Å²) >= 11 is 2.25. The van der Waals surface area contributed by atoms with E-state index in [0.717, 1.165) is 21.6 Å². The molecule has 3 heteroatoms. The maximum atomic E-state index is 11.9. The van der Waals surface area contributed by atoms with Crippen LogP contribution >= 0.6 is 22.6 Å². The normalized spacial score (nSPS) is 23.7. The van der Waals surface area contributed by atoms with E-state index in [2.05, 4.69) is 34.8 Å². The molecular weight excluding hydrogens is 337 g/mol. The molecule has 0 bridgehead atoms. The third kappa shape index (κ3) is 3.97. The summed E-state index contributed by atoms with van der Waals surface area (Å²) in [5, 5.41) is 3.06. The van der Waals surface area contributed by atoms with E-state index in [1.165, 1.54) is 25.7 Å². The summed E-state index contributed by atoms with van der Waals surface area (Å²) in [6, 6.07) is 7.72. The summed E-state index contributed by atoms with van der Waals surface area (Å²) in [7, 11) is 0. The van der Waals surface area contributed by atoms with Crippen LogP contribution in [0.3, 0.4) is 0 Å². The summed E-state index contributed by atoms with van der Waals surface area (Å²) < 4.78 is 1.16. The Bertz CT molecular complexity index is 393. The second-order valence-corrected chi connectivity index (χ2v) is 6.59. The quantitative estimate of drug-likeness (QED) is 0.819. The second kappa shape index (κ2) is 6.55. The number of hydrogen-bond donors (Lipinski definition) is 1. The third-order valence-electron chi connectivity index (χ3n) is 3.79. The van der Waals surface area contributed by atoms with Gasteiger partial charge in [0.15, 0.2) is 0 Å². The first-order valence-corrected chi connectivity index (χ1v) is 7.77. The zero-order chi connectivity index (χ0) is 13.0. The minimum atomic E-state index is 0.0602. The zero-order valence-electron chi connectivity index (χ0n) is 10.8. The smallest absolute Gasteiger partial charge is 0.251 e. The van der Waals surface area contributed by atoms with Gasteiger partial charge >= 0.3 is 0 Å².